The second-order valence-electron chi connectivity index (χ2n) is 3.68. The number of carbonyl (C=O) groups is 1. The molecule has 4 heteroatoms. The van der Waals surface area contributed by atoms with Gasteiger partial charge in [-0.15, -0.1) is 0 Å². The summed E-state index contributed by atoms with van der Waals surface area (Å²) >= 11 is 0. The number of carbonyl (C=O) groups excluding carboxylic acids is 1. The van der Waals surface area contributed by atoms with Crippen molar-refractivity contribution >= 4 is 5.91 Å². The number of rotatable bonds is 9. The van der Waals surface area contributed by atoms with Gasteiger partial charge >= 0.3 is 0 Å². The fraction of sp³-hybridized carbons (Fsp3) is 0.900. The summed E-state index contributed by atoms with van der Waals surface area (Å²) in [6, 6.07) is 0. The fourth-order valence-electron chi connectivity index (χ4n) is 1.44. The molecular weight excluding hydrogens is 178 g/mol. The van der Waals surface area contributed by atoms with E-state index in [2.05, 4.69) is 0 Å². The van der Waals surface area contributed by atoms with Crippen LogP contribution in [0.25, 0.3) is 0 Å². The van der Waals surface area contributed by atoms with Crippen molar-refractivity contribution in [3.63, 3.8) is 0 Å². The molecule has 0 aromatic heterocycles. The Morgan fingerprint density at radius 2 is 1.57 bits per heavy atom. The number of unbranched alkanes of at least 4 members (excludes halogenated alkanes) is 4. The number of primary amides is 1. The minimum Gasteiger partial charge on any atom is -0.369 e. The zero-order chi connectivity index (χ0) is 10.8. The van der Waals surface area contributed by atoms with Crippen LogP contribution < -0.4 is 17.2 Å². The van der Waals surface area contributed by atoms with Crippen molar-refractivity contribution in [2.75, 3.05) is 13.1 Å². The molecule has 6 N–H and O–H groups in total. The molecular formula is C10H23N3O. The summed E-state index contributed by atoms with van der Waals surface area (Å²) in [5, 5.41) is 0. The Bertz CT molecular complexity index is 150. The van der Waals surface area contributed by atoms with Crippen LogP contribution >= 0.6 is 0 Å². The summed E-state index contributed by atoms with van der Waals surface area (Å²) in [5.74, 6) is -0.404. The lowest BCUT2D eigenvalue weighted by molar-refractivity contribution is -0.121. The minimum absolute atomic E-state index is 0.135. The zero-order valence-corrected chi connectivity index (χ0v) is 8.87. The maximum atomic E-state index is 10.8. The third kappa shape index (κ3) is 6.86. The largest absolute Gasteiger partial charge is 0.369 e. The van der Waals surface area contributed by atoms with E-state index in [4.69, 9.17) is 17.2 Å². The van der Waals surface area contributed by atoms with Gasteiger partial charge < -0.3 is 17.2 Å². The molecule has 0 aromatic carbocycles. The van der Waals surface area contributed by atoms with Crippen molar-refractivity contribution < 1.29 is 4.79 Å². The number of hydrogen-bond donors (Lipinski definition) is 3. The second-order valence-corrected chi connectivity index (χ2v) is 3.68. The van der Waals surface area contributed by atoms with E-state index in [0.29, 0.717) is 6.54 Å². The Hall–Kier alpha value is -0.610. The highest BCUT2D eigenvalue weighted by molar-refractivity contribution is 5.76. The quantitative estimate of drug-likeness (QED) is 0.470. The van der Waals surface area contributed by atoms with Crippen LogP contribution in [0.2, 0.25) is 0 Å². The Labute approximate surface area is 86.2 Å². The molecule has 0 saturated heterocycles. The molecule has 0 fully saturated rings. The SMILES string of the molecule is NCCCCCCCC(CN)C(N)=O. The van der Waals surface area contributed by atoms with Crippen molar-refractivity contribution in [3.05, 3.63) is 0 Å². The summed E-state index contributed by atoms with van der Waals surface area (Å²) in [5.41, 5.74) is 16.0. The lowest BCUT2D eigenvalue weighted by Crippen LogP contribution is -2.29. The lowest BCUT2D eigenvalue weighted by atomic mass is 10.00. The van der Waals surface area contributed by atoms with E-state index >= 15 is 0 Å². The molecule has 0 aliphatic carbocycles. The van der Waals surface area contributed by atoms with Crippen molar-refractivity contribution in [1.82, 2.24) is 0 Å². The van der Waals surface area contributed by atoms with Crippen molar-refractivity contribution in [2.45, 2.75) is 38.5 Å². The van der Waals surface area contributed by atoms with Crippen molar-refractivity contribution in [2.24, 2.45) is 23.1 Å². The van der Waals surface area contributed by atoms with Gasteiger partial charge in [-0.2, -0.15) is 0 Å². The van der Waals surface area contributed by atoms with Gasteiger partial charge in [0.05, 0.1) is 0 Å². The molecule has 1 unspecified atom stereocenters. The van der Waals surface area contributed by atoms with Gasteiger partial charge in [-0.1, -0.05) is 25.7 Å². The Kier molecular flexibility index (Phi) is 8.57. The summed E-state index contributed by atoms with van der Waals surface area (Å²) < 4.78 is 0. The van der Waals surface area contributed by atoms with Gasteiger partial charge in [0, 0.05) is 12.5 Å². The molecule has 4 nitrogen and oxygen atoms in total. The van der Waals surface area contributed by atoms with Gasteiger partial charge in [0.15, 0.2) is 0 Å². The van der Waals surface area contributed by atoms with Gasteiger partial charge in [-0.05, 0) is 19.4 Å². The fourth-order valence-corrected chi connectivity index (χ4v) is 1.44. The van der Waals surface area contributed by atoms with E-state index < -0.39 is 0 Å². The predicted octanol–water partition coefficient (Wildman–Crippen LogP) is 0.346. The average Bonchev–Trinajstić information content (AvgIpc) is 2.16. The molecule has 1 amide bonds. The summed E-state index contributed by atoms with van der Waals surface area (Å²) in [6.45, 7) is 1.14. The highest BCUT2D eigenvalue weighted by Crippen LogP contribution is 2.10. The Morgan fingerprint density at radius 3 is 2.07 bits per heavy atom. The predicted molar refractivity (Wildman–Crippen MR) is 58.5 cm³/mol. The first-order valence-electron chi connectivity index (χ1n) is 5.41. The molecule has 0 saturated carbocycles. The summed E-state index contributed by atoms with van der Waals surface area (Å²) in [6.07, 6.45) is 6.47. The van der Waals surface area contributed by atoms with Gasteiger partial charge in [0.2, 0.25) is 5.91 Å². The summed E-state index contributed by atoms with van der Waals surface area (Å²) in [7, 11) is 0. The van der Waals surface area contributed by atoms with Crippen molar-refractivity contribution in [3.8, 4) is 0 Å². The number of amides is 1. The van der Waals surface area contributed by atoms with Gasteiger partial charge in [-0.3, -0.25) is 4.79 Å². The van der Waals surface area contributed by atoms with Crippen LogP contribution in [0.5, 0.6) is 0 Å². The number of nitrogens with two attached hydrogens (primary N) is 3. The normalized spacial score (nSPS) is 12.7. The van der Waals surface area contributed by atoms with E-state index in [0.717, 1.165) is 32.2 Å². The van der Waals surface area contributed by atoms with Crippen LogP contribution in [0.1, 0.15) is 38.5 Å². The molecule has 0 heterocycles. The van der Waals surface area contributed by atoms with Crippen LogP contribution in [0.4, 0.5) is 0 Å². The second kappa shape index (κ2) is 8.97. The van der Waals surface area contributed by atoms with Gasteiger partial charge in [0.25, 0.3) is 0 Å². The first-order chi connectivity index (χ1) is 6.72. The summed E-state index contributed by atoms with van der Waals surface area (Å²) in [4.78, 5) is 10.8. The van der Waals surface area contributed by atoms with E-state index in [1.165, 1.54) is 12.8 Å². The van der Waals surface area contributed by atoms with Crippen molar-refractivity contribution in [1.29, 1.82) is 0 Å². The molecule has 84 valence electrons. The molecule has 0 rings (SSSR count). The Balaban J connectivity index is 3.29. The van der Waals surface area contributed by atoms with E-state index in [1.54, 1.807) is 0 Å². The molecule has 0 radical (unpaired) electrons. The standard InChI is InChI=1S/C10H23N3O/c11-7-5-3-1-2-4-6-9(8-12)10(13)14/h9H,1-8,11-12H2,(H2,13,14). The van der Waals surface area contributed by atoms with Crippen LogP contribution in [0, 0.1) is 5.92 Å². The highest BCUT2D eigenvalue weighted by Gasteiger charge is 2.11. The van der Waals surface area contributed by atoms with E-state index in [9.17, 15) is 4.79 Å². The molecule has 14 heavy (non-hydrogen) atoms. The highest BCUT2D eigenvalue weighted by atomic mass is 16.1. The molecule has 0 aromatic rings. The first-order valence-corrected chi connectivity index (χ1v) is 5.41. The third-order valence-corrected chi connectivity index (χ3v) is 2.44. The lowest BCUT2D eigenvalue weighted by Gasteiger charge is -2.09. The third-order valence-electron chi connectivity index (χ3n) is 2.44. The molecule has 0 aliphatic rings. The maximum absolute atomic E-state index is 10.8. The topological polar surface area (TPSA) is 95.1 Å². The van der Waals surface area contributed by atoms with Gasteiger partial charge in [0.1, 0.15) is 0 Å². The minimum atomic E-state index is -0.269. The Morgan fingerprint density at radius 1 is 1.00 bits per heavy atom. The molecule has 0 aliphatic heterocycles. The van der Waals surface area contributed by atoms with Crippen LogP contribution in [-0.2, 0) is 4.79 Å². The average molecular weight is 201 g/mol. The van der Waals surface area contributed by atoms with Crippen LogP contribution in [0.15, 0.2) is 0 Å². The number of hydrogen-bond acceptors (Lipinski definition) is 3. The monoisotopic (exact) mass is 201 g/mol. The smallest absolute Gasteiger partial charge is 0.221 e. The van der Waals surface area contributed by atoms with E-state index in [1.807, 2.05) is 0 Å². The zero-order valence-electron chi connectivity index (χ0n) is 8.87. The van der Waals surface area contributed by atoms with Crippen LogP contribution in [-0.4, -0.2) is 19.0 Å². The van der Waals surface area contributed by atoms with Gasteiger partial charge in [-0.25, -0.2) is 0 Å². The first kappa shape index (κ1) is 13.4. The van der Waals surface area contributed by atoms with E-state index in [-0.39, 0.29) is 11.8 Å². The molecule has 0 bridgehead atoms. The maximum Gasteiger partial charge on any atom is 0.221 e. The van der Waals surface area contributed by atoms with Crippen LogP contribution in [0.3, 0.4) is 0 Å². The molecule has 1 atom stereocenters. The molecule has 0 spiro atoms.